The number of carbonyl (C=O) groups is 3. The lowest BCUT2D eigenvalue weighted by Gasteiger charge is -2.73. The molecule has 7 aliphatic carbocycles. The highest BCUT2D eigenvalue weighted by molar-refractivity contribution is 5.85. The number of esters is 1. The van der Waals surface area contributed by atoms with E-state index in [1.807, 2.05) is 20.0 Å². The fraction of sp³-hybridized carbons (Fsp3) is 0.880. The summed E-state index contributed by atoms with van der Waals surface area (Å²) < 4.78 is 6.49. The molecule has 322 valence electrons. The zero-order chi connectivity index (χ0) is 41.8. The average Bonchev–Trinajstić information content (AvgIpc) is 3.54. The van der Waals surface area contributed by atoms with Crippen LogP contribution in [0, 0.1) is 79.3 Å². The number of H-pyrrole nitrogens is 1. The summed E-state index contributed by atoms with van der Waals surface area (Å²) in [7, 11) is 0. The number of ether oxygens (including phenoxy) is 1. The van der Waals surface area contributed by atoms with Crippen LogP contribution in [0.2, 0.25) is 0 Å². The Labute approximate surface area is 349 Å². The molecule has 1 aromatic heterocycles. The van der Waals surface area contributed by atoms with Crippen molar-refractivity contribution in [1.29, 1.82) is 0 Å². The van der Waals surface area contributed by atoms with Crippen LogP contribution < -0.4 is 0 Å². The summed E-state index contributed by atoms with van der Waals surface area (Å²) in [5.74, 6) is 2.28. The van der Waals surface area contributed by atoms with E-state index in [2.05, 4.69) is 72.2 Å². The minimum absolute atomic E-state index is 0.0100. The maximum absolute atomic E-state index is 15.6. The lowest BCUT2D eigenvalue weighted by molar-refractivity contribution is -0.253. The fourth-order valence-corrected chi connectivity index (χ4v) is 16.9. The van der Waals surface area contributed by atoms with E-state index in [4.69, 9.17) is 9.72 Å². The number of nitrogens with one attached hydrogen (secondary N) is 1. The Hall–Kier alpha value is -2.38. The summed E-state index contributed by atoms with van der Waals surface area (Å²) in [4.78, 5) is 52.1. The van der Waals surface area contributed by atoms with E-state index in [0.717, 1.165) is 69.4 Å². The second kappa shape index (κ2) is 12.8. The molecule has 1 saturated heterocycles. The topological polar surface area (TPSA) is 113 Å². The molecule has 8 fully saturated rings. The zero-order valence-corrected chi connectivity index (χ0v) is 38.1. The van der Waals surface area contributed by atoms with Crippen molar-refractivity contribution in [2.45, 2.75) is 190 Å². The van der Waals surface area contributed by atoms with Crippen molar-refractivity contribution in [3.8, 4) is 0 Å². The highest BCUT2D eigenvalue weighted by Gasteiger charge is 2.74. The number of aromatic amines is 1. The van der Waals surface area contributed by atoms with Crippen molar-refractivity contribution in [2.24, 2.45) is 79.3 Å². The van der Waals surface area contributed by atoms with Gasteiger partial charge >= 0.3 is 11.9 Å². The first-order valence-corrected chi connectivity index (χ1v) is 23.8. The monoisotopic (exact) mass is 800 g/mol. The van der Waals surface area contributed by atoms with Gasteiger partial charge in [-0.2, -0.15) is 0 Å². The van der Waals surface area contributed by atoms with Crippen molar-refractivity contribution in [2.75, 3.05) is 6.54 Å². The van der Waals surface area contributed by atoms with E-state index in [0.29, 0.717) is 47.3 Å². The lowest BCUT2D eigenvalue weighted by atomic mass is 9.32. The molecule has 2 heterocycles. The Morgan fingerprint density at radius 3 is 2.14 bits per heavy atom. The Balaban J connectivity index is 0.983. The smallest absolute Gasteiger partial charge is 0.309 e. The van der Waals surface area contributed by atoms with Crippen LogP contribution in [0.15, 0.2) is 6.20 Å². The van der Waals surface area contributed by atoms with Crippen molar-refractivity contribution >= 4 is 17.8 Å². The SMILES string of the molecule is CC(C)(C)c1cnc([C@@H]2CCCN2C(=O)[C@]23CCC(C4(C)CC4)[C@@H]2[C@H]2CC[C@@H]4C5(C)CC[C@H](OC(=O)[C@H]6C[C@@H](C(=O)O)C6(C)C)C(C)(C)[C@@H]5CC[C@@]4(C)[C@]2(C)CC3)[nH]1. The summed E-state index contributed by atoms with van der Waals surface area (Å²) in [5, 5.41) is 9.71. The molecule has 1 aliphatic heterocycles. The normalized spacial score (nSPS) is 45.8. The Kier molecular flexibility index (Phi) is 9.07. The van der Waals surface area contributed by atoms with Gasteiger partial charge in [-0.05, 0) is 153 Å². The molecule has 8 nitrogen and oxygen atoms in total. The maximum atomic E-state index is 15.6. The predicted octanol–water partition coefficient (Wildman–Crippen LogP) is 10.9. The highest BCUT2D eigenvalue weighted by Crippen LogP contribution is 2.79. The molecule has 0 radical (unpaired) electrons. The number of nitrogens with zero attached hydrogens (tertiary/aromatic N) is 2. The molecule has 8 aliphatic rings. The Bertz CT molecular complexity index is 1850. The quantitative estimate of drug-likeness (QED) is 0.277. The number of imidazole rings is 1. The van der Waals surface area contributed by atoms with Gasteiger partial charge in [0, 0.05) is 29.3 Å². The molecule has 9 rings (SSSR count). The Morgan fingerprint density at radius 2 is 1.50 bits per heavy atom. The first kappa shape index (κ1) is 41.0. The molecule has 0 spiro atoms. The van der Waals surface area contributed by atoms with Crippen LogP contribution in [-0.2, 0) is 24.5 Å². The number of carboxylic acid groups (broad SMARTS) is 1. The first-order valence-electron chi connectivity index (χ1n) is 23.8. The molecule has 58 heavy (non-hydrogen) atoms. The standard InChI is InChI=1S/C50H77N3O5/c1-43(2,3)36-28-51-39(52-36)33-13-12-26-53(33)42(57)50-21-16-29(46(8)22-23-46)38(50)30-14-15-35-47(9)19-18-37(58-41(56)32-27-31(40(54)55)44(32,4)5)45(6,7)34(47)17-20-49(35,11)48(30,10)24-25-50/h28-35,37-38H,12-27H2,1-11H3,(H,51,52)(H,54,55)/t29?,30-,31+,32-,33+,34+,35-,37+,38-,47?,48-,49-,50+/m1/s1. The van der Waals surface area contributed by atoms with Crippen LogP contribution in [0.4, 0.5) is 0 Å². The van der Waals surface area contributed by atoms with Crippen LogP contribution in [0.1, 0.15) is 190 Å². The minimum atomic E-state index is -0.808. The molecule has 1 aromatic rings. The highest BCUT2D eigenvalue weighted by atomic mass is 16.5. The summed E-state index contributed by atoms with van der Waals surface area (Å²) in [5.41, 5.74) is 1.00. The minimum Gasteiger partial charge on any atom is -0.481 e. The number of rotatable bonds is 6. The molecular formula is C50H77N3O5. The summed E-state index contributed by atoms with van der Waals surface area (Å²) >= 11 is 0. The van der Waals surface area contributed by atoms with Crippen molar-refractivity contribution in [1.82, 2.24) is 14.9 Å². The number of hydrogen-bond donors (Lipinski definition) is 2. The second-order valence-electron chi connectivity index (χ2n) is 25.0. The van der Waals surface area contributed by atoms with Crippen LogP contribution in [0.5, 0.6) is 0 Å². The maximum Gasteiger partial charge on any atom is 0.309 e. The van der Waals surface area contributed by atoms with Crippen molar-refractivity contribution in [3.63, 3.8) is 0 Å². The number of amides is 1. The van der Waals surface area contributed by atoms with Gasteiger partial charge in [-0.3, -0.25) is 14.4 Å². The van der Waals surface area contributed by atoms with Gasteiger partial charge in [0.15, 0.2) is 0 Å². The van der Waals surface area contributed by atoms with Crippen LogP contribution in [-0.4, -0.2) is 50.5 Å². The van der Waals surface area contributed by atoms with E-state index >= 15 is 4.79 Å². The summed E-state index contributed by atoms with van der Waals surface area (Å²) in [6, 6.07) is 0.0469. The third kappa shape index (κ3) is 5.48. The van der Waals surface area contributed by atoms with Crippen LogP contribution >= 0.6 is 0 Å². The van der Waals surface area contributed by atoms with Crippen molar-refractivity contribution < 1.29 is 24.2 Å². The van der Waals surface area contributed by atoms with E-state index in [9.17, 15) is 14.7 Å². The number of fused-ring (bicyclic) bond motifs is 7. The summed E-state index contributed by atoms with van der Waals surface area (Å²) in [6.45, 7) is 26.7. The molecule has 0 aromatic carbocycles. The molecule has 0 bridgehead atoms. The van der Waals surface area contributed by atoms with Gasteiger partial charge < -0.3 is 19.7 Å². The number of hydrogen-bond acceptors (Lipinski definition) is 5. The van der Waals surface area contributed by atoms with E-state index in [-0.39, 0.29) is 56.5 Å². The third-order valence-electron chi connectivity index (χ3n) is 21.1. The molecule has 1 amide bonds. The van der Waals surface area contributed by atoms with E-state index in [1.54, 1.807) is 0 Å². The average molecular weight is 800 g/mol. The number of carboxylic acids is 1. The zero-order valence-electron chi connectivity index (χ0n) is 38.1. The summed E-state index contributed by atoms with van der Waals surface area (Å²) in [6.07, 6.45) is 18.1. The molecule has 7 saturated carbocycles. The number of likely N-dealkylation sites (tertiary alicyclic amines) is 1. The van der Waals surface area contributed by atoms with Gasteiger partial charge in [0.1, 0.15) is 11.9 Å². The largest absolute Gasteiger partial charge is 0.481 e. The number of aromatic nitrogens is 2. The number of aliphatic carboxylic acids is 1. The van der Waals surface area contributed by atoms with Gasteiger partial charge in [0.05, 0.1) is 23.3 Å². The first-order chi connectivity index (χ1) is 27.0. The molecular weight excluding hydrogens is 723 g/mol. The predicted molar refractivity (Wildman–Crippen MR) is 225 cm³/mol. The van der Waals surface area contributed by atoms with Gasteiger partial charge in [-0.1, -0.05) is 76.2 Å². The Morgan fingerprint density at radius 1 is 0.776 bits per heavy atom. The van der Waals surface area contributed by atoms with Gasteiger partial charge in [-0.15, -0.1) is 0 Å². The second-order valence-corrected chi connectivity index (χ2v) is 25.0. The fourth-order valence-electron chi connectivity index (χ4n) is 16.9. The molecule has 13 atom stereocenters. The molecule has 8 heteroatoms. The third-order valence-corrected chi connectivity index (χ3v) is 21.1. The van der Waals surface area contributed by atoms with E-state index in [1.165, 1.54) is 38.5 Å². The van der Waals surface area contributed by atoms with Gasteiger partial charge in [0.25, 0.3) is 0 Å². The van der Waals surface area contributed by atoms with E-state index < -0.39 is 17.3 Å². The molecule has 2 N–H and O–H groups in total. The van der Waals surface area contributed by atoms with Crippen molar-refractivity contribution in [3.05, 3.63) is 17.7 Å². The van der Waals surface area contributed by atoms with Crippen LogP contribution in [0.25, 0.3) is 0 Å². The number of carbonyl (C=O) groups excluding carboxylic acids is 2. The van der Waals surface area contributed by atoms with Gasteiger partial charge in [0.2, 0.25) is 5.91 Å². The lowest BCUT2D eigenvalue weighted by Crippen LogP contribution is -2.67. The molecule has 2 unspecified atom stereocenters. The van der Waals surface area contributed by atoms with Crippen LogP contribution in [0.3, 0.4) is 0 Å². The van der Waals surface area contributed by atoms with Gasteiger partial charge in [-0.25, -0.2) is 4.98 Å².